The van der Waals surface area contributed by atoms with Crippen LogP contribution in [-0.4, -0.2) is 11.8 Å². The fourth-order valence-electron chi connectivity index (χ4n) is 2.82. The lowest BCUT2D eigenvalue weighted by Crippen LogP contribution is -2.19. The lowest BCUT2D eigenvalue weighted by molar-refractivity contribution is -0.116. The Hall–Kier alpha value is -3.05. The molecule has 1 atom stereocenters. The number of benzene rings is 3. The number of carbonyl (C=O) groups is 2. The van der Waals surface area contributed by atoms with Crippen LogP contribution >= 0.6 is 11.8 Å². The van der Waals surface area contributed by atoms with Gasteiger partial charge in [-0.2, -0.15) is 0 Å². The normalized spacial score (nSPS) is 11.5. The van der Waals surface area contributed by atoms with Crippen LogP contribution in [0.4, 0.5) is 11.4 Å². The number of aryl methyl sites for hydroxylation is 1. The van der Waals surface area contributed by atoms with Crippen LogP contribution < -0.4 is 10.6 Å². The van der Waals surface area contributed by atoms with Crippen LogP contribution in [0.15, 0.2) is 83.8 Å². The molecule has 4 nitrogen and oxygen atoms in total. The number of carbonyl (C=O) groups excluding carboxylic acids is 2. The van der Waals surface area contributed by atoms with E-state index < -0.39 is 5.25 Å². The Kier molecular flexibility index (Phi) is 6.50. The van der Waals surface area contributed by atoms with E-state index in [0.29, 0.717) is 5.69 Å². The summed E-state index contributed by atoms with van der Waals surface area (Å²) < 4.78 is 0. The van der Waals surface area contributed by atoms with Gasteiger partial charge in [0.1, 0.15) is 5.25 Å². The van der Waals surface area contributed by atoms with Gasteiger partial charge in [0.05, 0.1) is 0 Å². The van der Waals surface area contributed by atoms with Crippen LogP contribution in [0.5, 0.6) is 0 Å². The summed E-state index contributed by atoms with van der Waals surface area (Å²) >= 11 is 1.45. The molecule has 0 bridgehead atoms. The first-order chi connectivity index (χ1) is 13.5. The van der Waals surface area contributed by atoms with Crippen molar-refractivity contribution in [3.63, 3.8) is 0 Å². The summed E-state index contributed by atoms with van der Waals surface area (Å²) in [5.41, 5.74) is 3.49. The Morgan fingerprint density at radius 2 is 1.50 bits per heavy atom. The summed E-state index contributed by atoms with van der Waals surface area (Å²) in [7, 11) is 0. The van der Waals surface area contributed by atoms with Crippen molar-refractivity contribution in [2.45, 2.75) is 24.0 Å². The maximum absolute atomic E-state index is 13.1. The maximum Gasteiger partial charge on any atom is 0.242 e. The molecule has 0 aliphatic carbocycles. The number of hydrogen-bond acceptors (Lipinski definition) is 3. The molecule has 0 heterocycles. The van der Waals surface area contributed by atoms with E-state index in [0.717, 1.165) is 21.7 Å². The van der Waals surface area contributed by atoms with Gasteiger partial charge in [-0.1, -0.05) is 48.5 Å². The van der Waals surface area contributed by atoms with Crippen LogP contribution in [0.3, 0.4) is 0 Å². The number of nitrogens with one attached hydrogen (secondary N) is 2. The van der Waals surface area contributed by atoms with Gasteiger partial charge < -0.3 is 10.6 Å². The molecular formula is C23H22N2O2S. The molecule has 0 aliphatic heterocycles. The highest BCUT2D eigenvalue weighted by Crippen LogP contribution is 2.37. The van der Waals surface area contributed by atoms with E-state index in [1.807, 2.05) is 85.8 Å². The summed E-state index contributed by atoms with van der Waals surface area (Å²) in [5, 5.41) is 5.38. The molecule has 3 aromatic carbocycles. The van der Waals surface area contributed by atoms with Crippen LogP contribution in [-0.2, 0) is 9.59 Å². The summed E-state index contributed by atoms with van der Waals surface area (Å²) in [4.78, 5) is 25.3. The molecule has 142 valence electrons. The Morgan fingerprint density at radius 1 is 0.821 bits per heavy atom. The van der Waals surface area contributed by atoms with E-state index in [2.05, 4.69) is 10.6 Å². The predicted molar refractivity (Wildman–Crippen MR) is 116 cm³/mol. The average Bonchev–Trinajstić information content (AvgIpc) is 2.66. The molecule has 0 aliphatic rings. The number of rotatable bonds is 6. The van der Waals surface area contributed by atoms with Gasteiger partial charge in [0, 0.05) is 23.2 Å². The summed E-state index contributed by atoms with van der Waals surface area (Å²) in [6.45, 7) is 3.47. The zero-order chi connectivity index (χ0) is 19.9. The average molecular weight is 391 g/mol. The van der Waals surface area contributed by atoms with Crippen LogP contribution in [0.1, 0.15) is 23.3 Å². The Morgan fingerprint density at radius 3 is 2.18 bits per heavy atom. The van der Waals surface area contributed by atoms with Crippen molar-refractivity contribution in [2.24, 2.45) is 0 Å². The van der Waals surface area contributed by atoms with Gasteiger partial charge in [0.15, 0.2) is 0 Å². The minimum atomic E-state index is -0.422. The van der Waals surface area contributed by atoms with Crippen molar-refractivity contribution in [1.82, 2.24) is 0 Å². The number of amides is 2. The molecule has 0 fully saturated rings. The van der Waals surface area contributed by atoms with Gasteiger partial charge >= 0.3 is 0 Å². The largest absolute Gasteiger partial charge is 0.326 e. The van der Waals surface area contributed by atoms with Gasteiger partial charge in [-0.15, -0.1) is 11.8 Å². The zero-order valence-electron chi connectivity index (χ0n) is 15.8. The van der Waals surface area contributed by atoms with Crippen LogP contribution in [0.25, 0.3) is 0 Å². The third-order valence-corrected chi connectivity index (χ3v) is 5.28. The molecule has 5 heteroatoms. The molecule has 1 unspecified atom stereocenters. The molecule has 0 saturated heterocycles. The van der Waals surface area contributed by atoms with Gasteiger partial charge in [-0.25, -0.2) is 0 Å². The van der Waals surface area contributed by atoms with Crippen molar-refractivity contribution in [3.05, 3.63) is 90.0 Å². The first kappa shape index (κ1) is 19.7. The first-order valence-corrected chi connectivity index (χ1v) is 9.86. The van der Waals surface area contributed by atoms with Crippen molar-refractivity contribution < 1.29 is 9.59 Å². The van der Waals surface area contributed by atoms with E-state index in [1.54, 1.807) is 0 Å². The molecule has 2 amide bonds. The van der Waals surface area contributed by atoms with Crippen molar-refractivity contribution in [3.8, 4) is 0 Å². The monoisotopic (exact) mass is 390 g/mol. The number of hydrogen-bond donors (Lipinski definition) is 2. The van der Waals surface area contributed by atoms with Gasteiger partial charge in [0.2, 0.25) is 11.8 Å². The molecule has 28 heavy (non-hydrogen) atoms. The van der Waals surface area contributed by atoms with Gasteiger partial charge in [-0.05, 0) is 48.4 Å². The maximum atomic E-state index is 13.1. The lowest BCUT2D eigenvalue weighted by atomic mass is 10.1. The highest BCUT2D eigenvalue weighted by molar-refractivity contribution is 8.00. The summed E-state index contributed by atoms with van der Waals surface area (Å²) in [6, 6.07) is 24.9. The van der Waals surface area contributed by atoms with Crippen molar-refractivity contribution in [1.29, 1.82) is 0 Å². The van der Waals surface area contributed by atoms with E-state index >= 15 is 0 Å². The predicted octanol–water partition coefficient (Wildman–Crippen LogP) is 5.43. The third kappa shape index (κ3) is 5.47. The van der Waals surface area contributed by atoms with Crippen LogP contribution in [0.2, 0.25) is 0 Å². The standard InChI is InChI=1S/C23H22N2O2S/c1-16-8-6-11-19(14-16)25-23(27)22(18-9-4-3-5-10-18)28-21-13-7-12-20(15-21)24-17(2)26/h3-15,22H,1-2H3,(H,24,26)(H,25,27). The molecule has 0 radical (unpaired) electrons. The van der Waals surface area contributed by atoms with Gasteiger partial charge in [0.25, 0.3) is 0 Å². The smallest absolute Gasteiger partial charge is 0.242 e. The quantitative estimate of drug-likeness (QED) is 0.552. The fraction of sp³-hybridized carbons (Fsp3) is 0.130. The molecule has 3 aromatic rings. The molecule has 0 saturated carbocycles. The number of thioether (sulfide) groups is 1. The summed E-state index contributed by atoms with van der Waals surface area (Å²) in [5.74, 6) is -0.217. The zero-order valence-corrected chi connectivity index (χ0v) is 16.6. The van der Waals surface area contributed by atoms with E-state index in [-0.39, 0.29) is 11.8 Å². The Balaban J connectivity index is 1.85. The second kappa shape index (κ2) is 9.24. The molecule has 3 rings (SSSR count). The van der Waals surface area contributed by atoms with Crippen LogP contribution in [0, 0.1) is 6.92 Å². The second-order valence-corrected chi connectivity index (χ2v) is 7.65. The first-order valence-electron chi connectivity index (χ1n) is 8.98. The fourth-order valence-corrected chi connectivity index (χ4v) is 3.90. The molecule has 0 aromatic heterocycles. The van der Waals surface area contributed by atoms with E-state index in [1.165, 1.54) is 18.7 Å². The van der Waals surface area contributed by atoms with Gasteiger partial charge in [-0.3, -0.25) is 9.59 Å². The van der Waals surface area contributed by atoms with Crippen molar-refractivity contribution >= 4 is 35.0 Å². The van der Waals surface area contributed by atoms with E-state index in [4.69, 9.17) is 0 Å². The molecule has 0 spiro atoms. The summed E-state index contributed by atoms with van der Waals surface area (Å²) in [6.07, 6.45) is 0. The molecular weight excluding hydrogens is 368 g/mol. The lowest BCUT2D eigenvalue weighted by Gasteiger charge is -2.18. The number of anilines is 2. The Bertz CT molecular complexity index is 973. The van der Waals surface area contributed by atoms with E-state index in [9.17, 15) is 9.59 Å². The third-order valence-electron chi connectivity index (χ3n) is 4.03. The SMILES string of the molecule is CC(=O)Nc1cccc(SC(C(=O)Nc2cccc(C)c2)c2ccccc2)c1. The highest BCUT2D eigenvalue weighted by atomic mass is 32.2. The minimum absolute atomic E-state index is 0.0910. The molecule has 2 N–H and O–H groups in total. The Labute approximate surface area is 169 Å². The second-order valence-electron chi connectivity index (χ2n) is 6.48. The highest BCUT2D eigenvalue weighted by Gasteiger charge is 2.22. The topological polar surface area (TPSA) is 58.2 Å². The van der Waals surface area contributed by atoms with Crippen molar-refractivity contribution in [2.75, 3.05) is 10.6 Å². The minimum Gasteiger partial charge on any atom is -0.326 e.